The van der Waals surface area contributed by atoms with Gasteiger partial charge in [-0.25, -0.2) is 14.4 Å². The Kier molecular flexibility index (Phi) is 5.50. The molecule has 0 aromatic carbocycles. The summed E-state index contributed by atoms with van der Waals surface area (Å²) in [5, 5.41) is 0. The van der Waals surface area contributed by atoms with Crippen molar-refractivity contribution in [2.45, 2.75) is 76.8 Å². The van der Waals surface area contributed by atoms with Gasteiger partial charge in [0.2, 0.25) is 0 Å². The summed E-state index contributed by atoms with van der Waals surface area (Å²) >= 11 is 0. The largest absolute Gasteiger partial charge is 0.462 e. The second-order valence-corrected chi connectivity index (χ2v) is 8.22. The van der Waals surface area contributed by atoms with E-state index in [0.717, 1.165) is 12.8 Å². The summed E-state index contributed by atoms with van der Waals surface area (Å²) in [5.74, 6) is -2.41. The Labute approximate surface area is 163 Å². The molecule has 2 saturated heterocycles. The van der Waals surface area contributed by atoms with E-state index in [4.69, 9.17) is 18.9 Å². The SMILES string of the molecule is C=C(C)C(=O)OC(C)C(=O)OC(C)C(=O)OC12CC3CC(C1)OC(=O)C(C3)C2. The van der Waals surface area contributed by atoms with Crippen LogP contribution in [0.5, 0.6) is 0 Å². The maximum absolute atomic E-state index is 12.6. The topological polar surface area (TPSA) is 105 Å². The quantitative estimate of drug-likeness (QED) is 0.382. The van der Waals surface area contributed by atoms with Crippen LogP contribution in [-0.4, -0.2) is 47.8 Å². The third-order valence-corrected chi connectivity index (χ3v) is 5.62. The Morgan fingerprint density at radius 3 is 2.43 bits per heavy atom. The van der Waals surface area contributed by atoms with Crippen LogP contribution >= 0.6 is 0 Å². The van der Waals surface area contributed by atoms with Gasteiger partial charge in [0.15, 0.2) is 12.2 Å². The van der Waals surface area contributed by atoms with Gasteiger partial charge in [-0.15, -0.1) is 0 Å². The lowest BCUT2D eigenvalue weighted by atomic mass is 9.65. The lowest BCUT2D eigenvalue weighted by Crippen LogP contribution is -2.49. The Bertz CT molecular complexity index is 713. The maximum atomic E-state index is 12.6. The van der Waals surface area contributed by atoms with Crippen LogP contribution in [0, 0.1) is 11.8 Å². The number of carbonyl (C=O) groups is 4. The van der Waals surface area contributed by atoms with Crippen molar-refractivity contribution >= 4 is 23.9 Å². The van der Waals surface area contributed by atoms with Crippen LogP contribution in [0.2, 0.25) is 0 Å². The summed E-state index contributed by atoms with van der Waals surface area (Å²) in [5.41, 5.74) is -0.597. The molecule has 2 heterocycles. The zero-order valence-corrected chi connectivity index (χ0v) is 16.4. The fourth-order valence-electron chi connectivity index (χ4n) is 4.42. The maximum Gasteiger partial charge on any atom is 0.348 e. The monoisotopic (exact) mass is 394 g/mol. The highest BCUT2D eigenvalue weighted by atomic mass is 16.6. The highest BCUT2D eigenvalue weighted by molar-refractivity contribution is 5.89. The fraction of sp³-hybridized carbons (Fsp3) is 0.700. The highest BCUT2D eigenvalue weighted by Gasteiger charge is 2.55. The van der Waals surface area contributed by atoms with E-state index in [1.807, 2.05) is 0 Å². The van der Waals surface area contributed by atoms with Crippen LogP contribution in [0.3, 0.4) is 0 Å². The molecule has 4 aliphatic rings. The van der Waals surface area contributed by atoms with Gasteiger partial charge in [0.1, 0.15) is 11.7 Å². The zero-order chi connectivity index (χ0) is 20.6. The van der Waals surface area contributed by atoms with Gasteiger partial charge in [-0.3, -0.25) is 4.79 Å². The zero-order valence-electron chi connectivity index (χ0n) is 16.4. The molecule has 4 rings (SSSR count). The molecule has 0 spiro atoms. The predicted molar refractivity (Wildman–Crippen MR) is 94.7 cm³/mol. The molecule has 0 amide bonds. The van der Waals surface area contributed by atoms with E-state index < -0.39 is 35.7 Å². The Morgan fingerprint density at radius 2 is 1.75 bits per heavy atom. The van der Waals surface area contributed by atoms with Gasteiger partial charge >= 0.3 is 23.9 Å². The van der Waals surface area contributed by atoms with Crippen LogP contribution in [0.1, 0.15) is 52.9 Å². The van der Waals surface area contributed by atoms with Crippen LogP contribution in [0.4, 0.5) is 0 Å². The summed E-state index contributed by atoms with van der Waals surface area (Å²) < 4.78 is 21.3. The molecule has 6 unspecified atom stereocenters. The molecule has 2 aliphatic carbocycles. The molecular formula is C20H26O8. The number of fused-ring (bicyclic) bond motifs is 1. The van der Waals surface area contributed by atoms with Gasteiger partial charge < -0.3 is 18.9 Å². The molecule has 28 heavy (non-hydrogen) atoms. The molecule has 0 N–H and O–H groups in total. The van der Waals surface area contributed by atoms with Crippen molar-refractivity contribution < 1.29 is 38.1 Å². The van der Waals surface area contributed by atoms with E-state index >= 15 is 0 Å². The Hall–Kier alpha value is -2.38. The summed E-state index contributed by atoms with van der Waals surface area (Å²) in [4.78, 5) is 48.2. The number of hydrogen-bond donors (Lipinski definition) is 0. The average molecular weight is 394 g/mol. The first kappa shape index (κ1) is 20.4. The first-order chi connectivity index (χ1) is 13.1. The van der Waals surface area contributed by atoms with E-state index in [1.54, 1.807) is 0 Å². The molecule has 154 valence electrons. The minimum atomic E-state index is -1.17. The summed E-state index contributed by atoms with van der Waals surface area (Å²) in [6.45, 7) is 7.66. The van der Waals surface area contributed by atoms with Gasteiger partial charge in [-0.2, -0.15) is 0 Å². The van der Waals surface area contributed by atoms with Crippen molar-refractivity contribution in [1.29, 1.82) is 0 Å². The minimum Gasteiger partial charge on any atom is -0.462 e. The molecule has 2 saturated carbocycles. The van der Waals surface area contributed by atoms with E-state index in [2.05, 4.69) is 6.58 Å². The number of hydrogen-bond acceptors (Lipinski definition) is 8. The fourth-order valence-corrected chi connectivity index (χ4v) is 4.42. The van der Waals surface area contributed by atoms with Crippen molar-refractivity contribution in [3.63, 3.8) is 0 Å². The summed E-state index contributed by atoms with van der Waals surface area (Å²) in [6.07, 6.45) is 0.615. The molecule has 0 aromatic rings. The van der Waals surface area contributed by atoms with E-state index in [0.29, 0.717) is 19.3 Å². The number of rotatable bonds is 6. The molecule has 8 heteroatoms. The van der Waals surface area contributed by atoms with Crippen LogP contribution in [0.25, 0.3) is 0 Å². The van der Waals surface area contributed by atoms with Crippen molar-refractivity contribution in [3.05, 3.63) is 12.2 Å². The molecule has 2 aliphatic heterocycles. The average Bonchev–Trinajstić information content (AvgIpc) is 2.75. The van der Waals surface area contributed by atoms with E-state index in [9.17, 15) is 19.2 Å². The Balaban J connectivity index is 1.58. The normalized spacial score (nSPS) is 32.5. The second kappa shape index (κ2) is 7.56. The predicted octanol–water partition coefficient (Wildman–Crippen LogP) is 1.84. The van der Waals surface area contributed by atoms with Gasteiger partial charge in [-0.05, 0) is 46.0 Å². The van der Waals surface area contributed by atoms with E-state index in [-0.39, 0.29) is 29.5 Å². The van der Waals surface area contributed by atoms with E-state index in [1.165, 1.54) is 20.8 Å². The van der Waals surface area contributed by atoms with Crippen molar-refractivity contribution in [3.8, 4) is 0 Å². The van der Waals surface area contributed by atoms with Crippen LogP contribution in [0.15, 0.2) is 12.2 Å². The molecule has 4 fully saturated rings. The minimum absolute atomic E-state index is 0.154. The molecule has 4 bridgehead atoms. The van der Waals surface area contributed by atoms with Crippen molar-refractivity contribution in [2.75, 3.05) is 0 Å². The smallest absolute Gasteiger partial charge is 0.348 e. The lowest BCUT2D eigenvalue weighted by Gasteiger charge is -2.45. The molecular weight excluding hydrogens is 368 g/mol. The first-order valence-electron chi connectivity index (χ1n) is 9.59. The van der Waals surface area contributed by atoms with Gasteiger partial charge in [0.05, 0.1) is 5.92 Å². The summed E-state index contributed by atoms with van der Waals surface area (Å²) in [6, 6.07) is 0. The van der Waals surface area contributed by atoms with Crippen molar-refractivity contribution in [2.24, 2.45) is 11.8 Å². The number of ether oxygens (including phenoxy) is 4. The van der Waals surface area contributed by atoms with Gasteiger partial charge in [0, 0.05) is 18.4 Å². The third-order valence-electron chi connectivity index (χ3n) is 5.62. The lowest BCUT2D eigenvalue weighted by molar-refractivity contribution is -0.191. The molecule has 6 atom stereocenters. The van der Waals surface area contributed by atoms with Gasteiger partial charge in [-0.1, -0.05) is 6.58 Å². The van der Waals surface area contributed by atoms with Crippen molar-refractivity contribution in [1.82, 2.24) is 0 Å². The standard InChI is InChI=1S/C20H26O8/c1-10(2)16(21)25-11(3)17(22)26-12(4)18(23)28-20-7-13-5-14(8-20)19(24)27-15(6-13)9-20/h11-15H,1,5-9H2,2-4H3. The molecule has 0 radical (unpaired) electrons. The van der Waals surface area contributed by atoms with Crippen LogP contribution < -0.4 is 0 Å². The summed E-state index contributed by atoms with van der Waals surface area (Å²) in [7, 11) is 0. The molecule has 0 aromatic heterocycles. The third kappa shape index (κ3) is 4.20. The Morgan fingerprint density at radius 1 is 1.07 bits per heavy atom. The first-order valence-corrected chi connectivity index (χ1v) is 9.59. The number of carbonyl (C=O) groups excluding carboxylic acids is 4. The number of esters is 4. The van der Waals surface area contributed by atoms with Gasteiger partial charge in [0.25, 0.3) is 0 Å². The van der Waals surface area contributed by atoms with Crippen LogP contribution in [-0.2, 0) is 38.1 Å². The molecule has 8 nitrogen and oxygen atoms in total. The highest BCUT2D eigenvalue weighted by Crippen LogP contribution is 2.51. The second-order valence-electron chi connectivity index (χ2n) is 8.22.